The molecule has 0 spiro atoms. The monoisotopic (exact) mass is 406 g/mol. The summed E-state index contributed by atoms with van der Waals surface area (Å²) in [6.45, 7) is 6.46. The van der Waals surface area contributed by atoms with Crippen molar-refractivity contribution in [3.05, 3.63) is 84.3 Å². The third kappa shape index (κ3) is 5.73. The van der Waals surface area contributed by atoms with E-state index in [4.69, 9.17) is 9.15 Å². The minimum atomic E-state index is -0.337. The molecule has 2 amide bonds. The fraction of sp³-hybridized carbons (Fsp3) is 0.250. The van der Waals surface area contributed by atoms with Gasteiger partial charge in [-0.1, -0.05) is 30.3 Å². The molecule has 1 N–H and O–H groups in total. The van der Waals surface area contributed by atoms with E-state index >= 15 is 0 Å². The van der Waals surface area contributed by atoms with Gasteiger partial charge in [-0.3, -0.25) is 9.59 Å². The highest BCUT2D eigenvalue weighted by Gasteiger charge is 2.26. The first-order valence-electron chi connectivity index (χ1n) is 9.75. The number of nitrogens with zero attached hydrogens (tertiary/aromatic N) is 1. The maximum atomic E-state index is 12.8. The van der Waals surface area contributed by atoms with Crippen molar-refractivity contribution < 1.29 is 18.7 Å². The van der Waals surface area contributed by atoms with Crippen molar-refractivity contribution in [3.8, 4) is 5.75 Å². The summed E-state index contributed by atoms with van der Waals surface area (Å²) >= 11 is 0. The average Bonchev–Trinajstić information content (AvgIpc) is 3.26. The molecule has 0 saturated carbocycles. The Labute approximate surface area is 176 Å². The Morgan fingerprint density at radius 1 is 0.967 bits per heavy atom. The topological polar surface area (TPSA) is 71.8 Å². The third-order valence-corrected chi connectivity index (χ3v) is 4.51. The average molecular weight is 406 g/mol. The lowest BCUT2D eigenvalue weighted by molar-refractivity contribution is -0.139. The molecule has 0 aliphatic carbocycles. The molecule has 0 radical (unpaired) electrons. The van der Waals surface area contributed by atoms with E-state index in [9.17, 15) is 9.59 Å². The van der Waals surface area contributed by atoms with Gasteiger partial charge in [-0.05, 0) is 62.7 Å². The molecule has 0 aliphatic rings. The van der Waals surface area contributed by atoms with Crippen LogP contribution in [0.25, 0.3) is 0 Å². The minimum absolute atomic E-state index is 0.0673. The number of hydrogen-bond acceptors (Lipinski definition) is 4. The van der Waals surface area contributed by atoms with Crippen molar-refractivity contribution in [2.75, 3.05) is 11.9 Å². The molecule has 0 atom stereocenters. The molecule has 30 heavy (non-hydrogen) atoms. The first-order valence-corrected chi connectivity index (χ1v) is 9.75. The summed E-state index contributed by atoms with van der Waals surface area (Å²) in [5, 5.41) is 2.74. The second-order valence-corrected chi connectivity index (χ2v) is 7.88. The first-order chi connectivity index (χ1) is 14.3. The standard InChI is InChI=1S/C24H26N2O4/c1-24(2,3)26(16-18-8-5-4-6-9-18)22(27)17-30-20-13-11-19(12-14-20)25-23(28)21-10-7-15-29-21/h4-15H,16-17H2,1-3H3,(H,25,28). The second kappa shape index (κ2) is 9.31. The lowest BCUT2D eigenvalue weighted by Gasteiger charge is -2.35. The quantitative estimate of drug-likeness (QED) is 0.615. The van der Waals surface area contributed by atoms with Crippen molar-refractivity contribution in [1.29, 1.82) is 0 Å². The molecule has 0 bridgehead atoms. The number of anilines is 1. The van der Waals surface area contributed by atoms with Crippen LogP contribution in [0.4, 0.5) is 5.69 Å². The van der Waals surface area contributed by atoms with Crippen LogP contribution >= 0.6 is 0 Å². The number of hydrogen-bond donors (Lipinski definition) is 1. The predicted molar refractivity (Wildman–Crippen MR) is 115 cm³/mol. The highest BCUT2D eigenvalue weighted by Crippen LogP contribution is 2.20. The van der Waals surface area contributed by atoms with Crippen LogP contribution in [0.3, 0.4) is 0 Å². The zero-order valence-corrected chi connectivity index (χ0v) is 17.4. The number of carbonyl (C=O) groups excluding carboxylic acids is 2. The maximum absolute atomic E-state index is 12.8. The van der Waals surface area contributed by atoms with Crippen LogP contribution in [0.5, 0.6) is 5.75 Å². The van der Waals surface area contributed by atoms with Crippen molar-refractivity contribution in [1.82, 2.24) is 4.90 Å². The van der Waals surface area contributed by atoms with Gasteiger partial charge in [-0.25, -0.2) is 0 Å². The summed E-state index contributed by atoms with van der Waals surface area (Å²) in [6.07, 6.45) is 1.45. The Morgan fingerprint density at radius 2 is 1.67 bits per heavy atom. The van der Waals surface area contributed by atoms with Crippen molar-refractivity contribution >= 4 is 17.5 Å². The van der Waals surface area contributed by atoms with Gasteiger partial charge >= 0.3 is 0 Å². The van der Waals surface area contributed by atoms with Gasteiger partial charge in [-0.15, -0.1) is 0 Å². The number of nitrogens with one attached hydrogen (secondary N) is 1. The zero-order chi connectivity index (χ0) is 21.6. The smallest absolute Gasteiger partial charge is 0.291 e. The molecule has 0 saturated heterocycles. The Balaban J connectivity index is 1.57. The Morgan fingerprint density at radius 3 is 2.27 bits per heavy atom. The van der Waals surface area contributed by atoms with Gasteiger partial charge in [0.15, 0.2) is 12.4 Å². The van der Waals surface area contributed by atoms with Crippen LogP contribution in [0, 0.1) is 0 Å². The van der Waals surface area contributed by atoms with E-state index in [0.29, 0.717) is 18.0 Å². The van der Waals surface area contributed by atoms with Gasteiger partial charge < -0.3 is 19.4 Å². The van der Waals surface area contributed by atoms with E-state index in [0.717, 1.165) is 5.56 Å². The Hall–Kier alpha value is -3.54. The molecular formula is C24H26N2O4. The number of carbonyl (C=O) groups is 2. The summed E-state index contributed by atoms with van der Waals surface area (Å²) in [7, 11) is 0. The SMILES string of the molecule is CC(C)(C)N(Cc1ccccc1)C(=O)COc1ccc(NC(=O)c2ccco2)cc1. The fourth-order valence-corrected chi connectivity index (χ4v) is 2.92. The van der Waals surface area contributed by atoms with E-state index in [1.165, 1.54) is 6.26 Å². The Kier molecular flexibility index (Phi) is 6.57. The number of amides is 2. The predicted octanol–water partition coefficient (Wildman–Crippen LogP) is 4.74. The molecule has 2 aromatic carbocycles. The normalized spacial score (nSPS) is 11.0. The lowest BCUT2D eigenvalue weighted by Crippen LogP contribution is -2.47. The molecule has 3 aromatic rings. The van der Waals surface area contributed by atoms with Crippen LogP contribution in [-0.2, 0) is 11.3 Å². The van der Waals surface area contributed by atoms with E-state index in [1.54, 1.807) is 41.3 Å². The zero-order valence-electron chi connectivity index (χ0n) is 17.4. The van der Waals surface area contributed by atoms with Gasteiger partial charge in [0.25, 0.3) is 11.8 Å². The summed E-state index contributed by atoms with van der Waals surface area (Å²) in [5.74, 6) is 0.363. The number of ether oxygens (including phenoxy) is 1. The number of furan rings is 1. The van der Waals surface area contributed by atoms with Gasteiger partial charge in [0.1, 0.15) is 5.75 Å². The van der Waals surface area contributed by atoms with Crippen LogP contribution < -0.4 is 10.1 Å². The molecule has 6 nitrogen and oxygen atoms in total. The van der Waals surface area contributed by atoms with E-state index in [1.807, 2.05) is 51.1 Å². The summed E-state index contributed by atoms with van der Waals surface area (Å²) in [5.41, 5.74) is 1.34. The molecule has 1 heterocycles. The van der Waals surface area contributed by atoms with Crippen LogP contribution in [-0.4, -0.2) is 28.9 Å². The maximum Gasteiger partial charge on any atom is 0.291 e. The molecule has 3 rings (SSSR count). The van der Waals surface area contributed by atoms with Crippen LogP contribution in [0.15, 0.2) is 77.4 Å². The van der Waals surface area contributed by atoms with Crippen LogP contribution in [0.2, 0.25) is 0 Å². The first kappa shape index (κ1) is 21.2. The van der Waals surface area contributed by atoms with Crippen molar-refractivity contribution in [3.63, 3.8) is 0 Å². The summed E-state index contributed by atoms with van der Waals surface area (Å²) < 4.78 is 10.8. The van der Waals surface area contributed by atoms with E-state index in [-0.39, 0.29) is 29.7 Å². The number of benzene rings is 2. The van der Waals surface area contributed by atoms with Gasteiger partial charge in [0.2, 0.25) is 0 Å². The van der Waals surface area contributed by atoms with E-state index in [2.05, 4.69) is 5.32 Å². The summed E-state index contributed by atoms with van der Waals surface area (Å²) in [4.78, 5) is 26.7. The molecular weight excluding hydrogens is 380 g/mol. The van der Waals surface area contributed by atoms with Crippen molar-refractivity contribution in [2.24, 2.45) is 0 Å². The van der Waals surface area contributed by atoms with Gasteiger partial charge in [-0.2, -0.15) is 0 Å². The molecule has 156 valence electrons. The number of rotatable bonds is 7. The molecule has 0 aliphatic heterocycles. The van der Waals surface area contributed by atoms with Gasteiger partial charge in [0.05, 0.1) is 6.26 Å². The van der Waals surface area contributed by atoms with Gasteiger partial charge in [0, 0.05) is 17.8 Å². The third-order valence-electron chi connectivity index (χ3n) is 4.51. The van der Waals surface area contributed by atoms with Crippen LogP contribution in [0.1, 0.15) is 36.9 Å². The molecule has 6 heteroatoms. The van der Waals surface area contributed by atoms with Crippen molar-refractivity contribution in [2.45, 2.75) is 32.9 Å². The summed E-state index contributed by atoms with van der Waals surface area (Å²) in [6, 6.07) is 20.0. The largest absolute Gasteiger partial charge is 0.484 e. The fourth-order valence-electron chi connectivity index (χ4n) is 2.92. The highest BCUT2D eigenvalue weighted by atomic mass is 16.5. The van der Waals surface area contributed by atoms with E-state index < -0.39 is 0 Å². The molecule has 1 aromatic heterocycles. The minimum Gasteiger partial charge on any atom is -0.484 e. The highest BCUT2D eigenvalue weighted by molar-refractivity contribution is 6.02. The molecule has 0 unspecified atom stereocenters. The second-order valence-electron chi connectivity index (χ2n) is 7.88. The Bertz CT molecular complexity index is 959. The molecule has 0 fully saturated rings. The lowest BCUT2D eigenvalue weighted by atomic mass is 10.0.